The average molecular weight is 808 g/mol. The number of alkyl halides is 1. The summed E-state index contributed by atoms with van der Waals surface area (Å²) in [5, 5.41) is 4.42. The Bertz CT molecular complexity index is 887. The molecule has 0 aliphatic carbocycles. The second-order valence-electron chi connectivity index (χ2n) is 6.01. The molecule has 4 aromatic rings. The van der Waals surface area contributed by atoms with Gasteiger partial charge in [-0.25, -0.2) is 0 Å². The fourth-order valence-corrected chi connectivity index (χ4v) is 3.18. The molecule has 256 valence electrons. The van der Waals surface area contributed by atoms with Gasteiger partial charge in [0.1, 0.15) is 0 Å². The summed E-state index contributed by atoms with van der Waals surface area (Å²) in [5.74, 6) is 0. The van der Waals surface area contributed by atoms with E-state index in [4.69, 9.17) is 69.6 Å². The van der Waals surface area contributed by atoms with Crippen LogP contribution < -0.4 is 0 Å². The topological polar surface area (TPSA) is 0 Å². The lowest BCUT2D eigenvalue weighted by molar-refractivity contribution is 1.47. The largest absolute Gasteiger partial charge is 1.00 e. The summed E-state index contributed by atoms with van der Waals surface area (Å²) < 4.78 is 0. The predicted molar refractivity (Wildman–Crippen MR) is 229 cm³/mol. The van der Waals surface area contributed by atoms with Gasteiger partial charge in [0.2, 0.25) is 0 Å². The molecular formula is C34H55Cl7S3+2. The highest BCUT2D eigenvalue weighted by atomic mass is 35.5. The molecule has 0 spiro atoms. The molecule has 0 unspecified atom stereocenters. The van der Waals surface area contributed by atoms with Crippen molar-refractivity contribution in [3.8, 4) is 0 Å². The van der Waals surface area contributed by atoms with Gasteiger partial charge in [-0.05, 0) is 110 Å². The molecule has 0 amide bonds. The number of hydrogen-bond acceptors (Lipinski definition) is 3. The number of rotatable bonds is 1. The van der Waals surface area contributed by atoms with Gasteiger partial charge in [-0.3, -0.25) is 0 Å². The normalized spacial score (nSPS) is 7.27. The van der Waals surface area contributed by atoms with Gasteiger partial charge >= 0.3 is 1.43 Å². The second-order valence-corrected chi connectivity index (χ2v) is 10.0. The van der Waals surface area contributed by atoms with Gasteiger partial charge in [0.25, 0.3) is 0 Å². The summed E-state index contributed by atoms with van der Waals surface area (Å²) in [6.45, 7) is 0. The number of thiol groups is 2. The van der Waals surface area contributed by atoms with Gasteiger partial charge in [-0.15, -0.1) is 36.0 Å². The van der Waals surface area contributed by atoms with Gasteiger partial charge < -0.3 is 0 Å². The highest BCUT2D eigenvalue weighted by Gasteiger charge is 1.87. The van der Waals surface area contributed by atoms with Crippen molar-refractivity contribution >= 4 is 118 Å². The summed E-state index contributed by atoms with van der Waals surface area (Å²) >= 11 is 47.4. The summed E-state index contributed by atoms with van der Waals surface area (Å²) in [6.07, 6.45) is 5.21. The van der Waals surface area contributed by atoms with Crippen LogP contribution in [0.1, 0.15) is 46.0 Å². The summed E-state index contributed by atoms with van der Waals surface area (Å²) in [5.41, 5.74) is 0. The van der Waals surface area contributed by atoms with Crippen LogP contribution in [0, 0.1) is 7.43 Å². The van der Waals surface area contributed by atoms with Gasteiger partial charge in [-0.1, -0.05) is 114 Å². The molecule has 0 aliphatic rings. The van der Waals surface area contributed by atoms with E-state index in [0.717, 1.165) is 35.0 Å². The van der Waals surface area contributed by atoms with Gasteiger partial charge in [0, 0.05) is 53.7 Å². The summed E-state index contributed by atoms with van der Waals surface area (Å²) in [6, 6.07) is 29.2. The van der Waals surface area contributed by atoms with Crippen molar-refractivity contribution < 1.29 is 1.43 Å². The van der Waals surface area contributed by atoms with E-state index in [9.17, 15) is 0 Å². The molecule has 0 saturated heterocycles. The molecular weight excluding hydrogens is 753 g/mol. The Balaban J connectivity index is -0.0000000414. The Morgan fingerprint density at radius 1 is 0.432 bits per heavy atom. The lowest BCUT2D eigenvalue weighted by atomic mass is 10.4. The maximum absolute atomic E-state index is 5.66. The standard InChI is InChI=1S/C7H7ClS.2C6H4Cl2.C6H5ClS.CH3Cl.CH4S.6CH4.CH3/c1-9-7-4-2-6(8)3-5-7;2*7-5-1-2-6(8)4-3-5;7-5-1-3-6(8)4-2-5;2*1-2;;;;;;;/h2-5H,1H3;2*1-4H;1-4,8H;1H3;2H,1H3;6*1H4;1H3/q;;;;;;;;;;;;+1/p+1. The van der Waals surface area contributed by atoms with Crippen molar-refractivity contribution in [1.82, 2.24) is 0 Å². The Labute approximate surface area is 324 Å². The van der Waals surface area contributed by atoms with Crippen LogP contribution in [0.4, 0.5) is 0 Å². The first-order chi connectivity index (χ1) is 17.7. The Kier molecular flexibility index (Phi) is 67.7. The third-order valence-corrected chi connectivity index (χ3v) is 6.04. The molecule has 10 heteroatoms. The van der Waals surface area contributed by atoms with Crippen molar-refractivity contribution in [1.29, 1.82) is 0 Å². The Hall–Kier alpha value is -0.170. The zero-order valence-corrected chi connectivity index (χ0v) is 29.1. The van der Waals surface area contributed by atoms with Crippen LogP contribution in [0.2, 0.25) is 30.1 Å². The van der Waals surface area contributed by atoms with E-state index in [2.05, 4.69) is 36.9 Å². The number of benzene rings is 4. The number of thioether (sulfide) groups is 1. The third-order valence-electron chi connectivity index (χ3n) is 3.48. The molecule has 0 aromatic heterocycles. The number of hydrogen-bond donors (Lipinski definition) is 2. The fraction of sp³-hybridized carbons (Fsp3) is 0.265. The van der Waals surface area contributed by atoms with Crippen LogP contribution >= 0.6 is 118 Å². The highest BCUT2D eigenvalue weighted by Crippen LogP contribution is 2.17. The molecule has 0 heterocycles. The first-order valence-electron chi connectivity index (χ1n) is 10.1. The Morgan fingerprint density at radius 2 is 0.591 bits per heavy atom. The molecule has 0 fully saturated rings. The first-order valence-corrected chi connectivity index (χ1v) is 15.7. The summed E-state index contributed by atoms with van der Waals surface area (Å²) in [7, 11) is 0. The zero-order valence-electron chi connectivity index (χ0n) is 22.2. The lowest BCUT2D eigenvalue weighted by Crippen LogP contribution is -1.66. The second kappa shape index (κ2) is 45.0. The monoisotopic (exact) mass is 804 g/mol. The van der Waals surface area contributed by atoms with Crippen molar-refractivity contribution in [3.63, 3.8) is 0 Å². The molecule has 44 heavy (non-hydrogen) atoms. The molecule has 0 atom stereocenters. The van der Waals surface area contributed by atoms with E-state index in [-0.39, 0.29) is 53.4 Å². The van der Waals surface area contributed by atoms with Crippen LogP contribution in [0.25, 0.3) is 0 Å². The van der Waals surface area contributed by atoms with E-state index >= 15 is 0 Å². The molecule has 0 aliphatic heterocycles. The maximum atomic E-state index is 5.66. The van der Waals surface area contributed by atoms with E-state index in [0.29, 0.717) is 0 Å². The minimum atomic E-state index is 0. The van der Waals surface area contributed by atoms with Crippen LogP contribution in [-0.4, -0.2) is 18.9 Å². The molecule has 0 bridgehead atoms. The molecule has 0 N–H and O–H groups in total. The lowest BCUT2D eigenvalue weighted by Gasteiger charge is -1.92. The minimum absolute atomic E-state index is 0. The van der Waals surface area contributed by atoms with E-state index in [1.54, 1.807) is 66.5 Å². The molecule has 4 aromatic carbocycles. The zero-order chi connectivity index (χ0) is 28.6. The summed E-state index contributed by atoms with van der Waals surface area (Å²) in [4.78, 5) is 2.19. The van der Waals surface area contributed by atoms with Crippen LogP contribution in [-0.2, 0) is 0 Å². The van der Waals surface area contributed by atoms with Crippen molar-refractivity contribution in [2.24, 2.45) is 0 Å². The van der Waals surface area contributed by atoms with Gasteiger partial charge in [-0.2, -0.15) is 12.6 Å². The highest BCUT2D eigenvalue weighted by molar-refractivity contribution is 7.98. The van der Waals surface area contributed by atoms with Crippen molar-refractivity contribution in [2.75, 3.05) is 18.9 Å². The average Bonchev–Trinajstić information content (AvgIpc) is 2.93. The first kappa shape index (κ1) is 66.3. The number of halogens is 7. The van der Waals surface area contributed by atoms with Crippen LogP contribution in [0.5, 0.6) is 0 Å². The van der Waals surface area contributed by atoms with Crippen LogP contribution in [0.15, 0.2) is 107 Å². The minimum Gasteiger partial charge on any atom is -0.183 e. The third kappa shape index (κ3) is 39.9. The molecule has 0 radical (unpaired) electrons. The van der Waals surface area contributed by atoms with E-state index < -0.39 is 0 Å². The molecule has 0 nitrogen and oxygen atoms in total. The quantitative estimate of drug-likeness (QED) is 0.0836. The van der Waals surface area contributed by atoms with Gasteiger partial charge in [0.05, 0.1) is 0 Å². The van der Waals surface area contributed by atoms with Crippen molar-refractivity contribution in [2.45, 2.75) is 54.4 Å². The Morgan fingerprint density at radius 3 is 0.750 bits per heavy atom. The van der Waals surface area contributed by atoms with E-state index in [1.165, 1.54) is 11.3 Å². The molecule has 4 rings (SSSR count). The molecule has 0 saturated carbocycles. The predicted octanol–water partition coefficient (Wildman–Crippen LogP) is 17.5. The van der Waals surface area contributed by atoms with Crippen LogP contribution in [0.3, 0.4) is 0 Å². The maximum Gasteiger partial charge on any atom is 1.00 e. The van der Waals surface area contributed by atoms with Gasteiger partial charge in [0.15, 0.2) is 0 Å². The van der Waals surface area contributed by atoms with Crippen molar-refractivity contribution in [3.05, 3.63) is 135 Å². The fourth-order valence-electron chi connectivity index (χ4n) is 1.87. The van der Waals surface area contributed by atoms with E-state index in [1.807, 2.05) is 54.8 Å². The smallest absolute Gasteiger partial charge is 0.183 e. The SMILES string of the molecule is C.C.C.C.C.C.CCl.CS.CSc1ccc(Cl)cc1.Clc1ccc(Cl)cc1.Clc1ccc(Cl)cc1.Sc1ccc(Cl)cc1.[CH3+].[H+].